The Morgan fingerprint density at radius 3 is 1.69 bits per heavy atom. The van der Waals surface area contributed by atoms with Crippen molar-refractivity contribution in [2.45, 2.75) is 12.8 Å². The van der Waals surface area contributed by atoms with Gasteiger partial charge < -0.3 is 0 Å². The lowest BCUT2D eigenvalue weighted by atomic mass is 9.62. The summed E-state index contributed by atoms with van der Waals surface area (Å²) in [4.78, 5) is 23.9. The van der Waals surface area contributed by atoms with Gasteiger partial charge in [0.15, 0.2) is 11.6 Å². The lowest BCUT2D eigenvalue weighted by Gasteiger charge is -2.39. The van der Waals surface area contributed by atoms with Gasteiger partial charge in [-0.15, -0.1) is 0 Å². The normalized spacial score (nSPS) is 40.8. The van der Waals surface area contributed by atoms with Gasteiger partial charge in [0.25, 0.3) is 0 Å². The Balaban J connectivity index is 2.03. The number of carbonyl (C=O) groups is 2. The number of hydrogen-bond acceptors (Lipinski definition) is 2. The van der Waals surface area contributed by atoms with Crippen LogP contribution in [0.2, 0.25) is 0 Å². The molecule has 0 saturated carbocycles. The second-order valence-corrected chi connectivity index (χ2v) is 4.85. The Labute approximate surface area is 94.7 Å². The van der Waals surface area contributed by atoms with Crippen molar-refractivity contribution >= 4 is 11.6 Å². The van der Waals surface area contributed by atoms with Gasteiger partial charge in [0.05, 0.1) is 0 Å². The summed E-state index contributed by atoms with van der Waals surface area (Å²) in [5.74, 6) is 0.566. The molecule has 82 valence electrons. The lowest BCUT2D eigenvalue weighted by Crippen LogP contribution is -2.42. The first-order chi connectivity index (χ1) is 7.77. The number of carbonyl (C=O) groups excluding carboxylic acids is 2. The molecule has 0 aliphatic heterocycles. The maximum absolute atomic E-state index is 11.9. The van der Waals surface area contributed by atoms with Crippen LogP contribution in [-0.4, -0.2) is 11.6 Å². The van der Waals surface area contributed by atoms with Gasteiger partial charge in [-0.1, -0.05) is 24.3 Å². The van der Waals surface area contributed by atoms with E-state index >= 15 is 0 Å². The van der Waals surface area contributed by atoms with Gasteiger partial charge in [-0.3, -0.25) is 9.59 Å². The molecule has 3 aliphatic rings. The molecule has 0 aromatic carbocycles. The first kappa shape index (κ1) is 9.76. The summed E-state index contributed by atoms with van der Waals surface area (Å²) in [6.07, 6.45) is 13.2. The number of hydrogen-bond donors (Lipinski definition) is 0. The second kappa shape index (κ2) is 3.55. The van der Waals surface area contributed by atoms with Crippen molar-refractivity contribution in [3.63, 3.8) is 0 Å². The molecule has 0 aromatic rings. The predicted molar refractivity (Wildman–Crippen MR) is 60.6 cm³/mol. The van der Waals surface area contributed by atoms with Gasteiger partial charge >= 0.3 is 0 Å². The summed E-state index contributed by atoms with van der Waals surface area (Å²) < 4.78 is 0. The van der Waals surface area contributed by atoms with Crippen molar-refractivity contribution < 1.29 is 9.59 Å². The molecule has 0 amide bonds. The zero-order chi connectivity index (χ0) is 11.1. The molecule has 0 saturated heterocycles. The first-order valence-corrected chi connectivity index (χ1v) is 5.86. The van der Waals surface area contributed by atoms with Crippen molar-refractivity contribution in [1.29, 1.82) is 0 Å². The number of fused-ring (bicyclic) bond motifs is 3. The third kappa shape index (κ3) is 1.33. The van der Waals surface area contributed by atoms with E-state index in [1.54, 1.807) is 12.2 Å². The van der Waals surface area contributed by atoms with Crippen LogP contribution in [0.5, 0.6) is 0 Å². The summed E-state index contributed by atoms with van der Waals surface area (Å²) in [5, 5.41) is 0. The summed E-state index contributed by atoms with van der Waals surface area (Å²) in [6.45, 7) is 0. The third-order valence-electron chi connectivity index (χ3n) is 3.95. The van der Waals surface area contributed by atoms with E-state index in [1.165, 1.54) is 0 Å². The SMILES string of the molecule is O=C1C=CC[C@H]2C=CC3CC=CC(=O)[C@H]3C12. The topological polar surface area (TPSA) is 34.1 Å². The molecular formula is C14H14O2. The quantitative estimate of drug-likeness (QED) is 0.578. The Hall–Kier alpha value is -1.44. The molecule has 0 spiro atoms. The standard InChI is InChI=1S/C14H14O2/c15-11-5-1-3-9-7-8-10-4-2-6-12(16)14(10)13(9)11/h1-2,5-10,13-14H,3-4H2/t9-,10?,13?,14-/m0/s1. The fourth-order valence-electron chi connectivity index (χ4n) is 3.19. The second-order valence-electron chi connectivity index (χ2n) is 4.85. The minimum absolute atomic E-state index is 0.0996. The van der Waals surface area contributed by atoms with Crippen LogP contribution in [0.1, 0.15) is 12.8 Å². The smallest absolute Gasteiger partial charge is 0.159 e. The van der Waals surface area contributed by atoms with Gasteiger partial charge in [-0.05, 0) is 36.8 Å². The van der Waals surface area contributed by atoms with Crippen LogP contribution in [0.4, 0.5) is 0 Å². The Kier molecular flexibility index (Phi) is 2.16. The molecule has 3 rings (SSSR count). The van der Waals surface area contributed by atoms with E-state index in [0.29, 0.717) is 0 Å². The lowest BCUT2D eigenvalue weighted by molar-refractivity contribution is -0.131. The van der Waals surface area contributed by atoms with Crippen molar-refractivity contribution in [2.24, 2.45) is 23.7 Å². The largest absolute Gasteiger partial charge is 0.295 e. The van der Waals surface area contributed by atoms with Crippen LogP contribution < -0.4 is 0 Å². The highest BCUT2D eigenvalue weighted by atomic mass is 16.1. The monoisotopic (exact) mass is 214 g/mol. The van der Waals surface area contributed by atoms with Crippen molar-refractivity contribution in [3.05, 3.63) is 36.5 Å². The van der Waals surface area contributed by atoms with E-state index in [1.807, 2.05) is 12.2 Å². The van der Waals surface area contributed by atoms with Crippen molar-refractivity contribution in [3.8, 4) is 0 Å². The maximum atomic E-state index is 11.9. The predicted octanol–water partition coefficient (Wildman–Crippen LogP) is 2.08. The number of rotatable bonds is 0. The molecule has 2 unspecified atom stereocenters. The van der Waals surface area contributed by atoms with Crippen molar-refractivity contribution in [1.82, 2.24) is 0 Å². The molecule has 16 heavy (non-hydrogen) atoms. The molecular weight excluding hydrogens is 200 g/mol. The van der Waals surface area contributed by atoms with Crippen LogP contribution in [0.15, 0.2) is 36.5 Å². The van der Waals surface area contributed by atoms with Crippen LogP contribution in [0, 0.1) is 23.7 Å². The highest BCUT2D eigenvalue weighted by Gasteiger charge is 2.44. The molecule has 0 fully saturated rings. The van der Waals surface area contributed by atoms with Gasteiger partial charge in [-0.25, -0.2) is 0 Å². The van der Waals surface area contributed by atoms with E-state index in [4.69, 9.17) is 0 Å². The molecule has 0 N–H and O–H groups in total. The van der Waals surface area contributed by atoms with E-state index < -0.39 is 0 Å². The first-order valence-electron chi connectivity index (χ1n) is 5.86. The molecule has 0 radical (unpaired) electrons. The van der Waals surface area contributed by atoms with Gasteiger partial charge in [0.1, 0.15) is 0 Å². The van der Waals surface area contributed by atoms with Crippen LogP contribution in [-0.2, 0) is 9.59 Å². The van der Waals surface area contributed by atoms with Crippen molar-refractivity contribution in [2.75, 3.05) is 0 Å². The Morgan fingerprint density at radius 2 is 1.25 bits per heavy atom. The fraction of sp³-hybridized carbons (Fsp3) is 0.429. The molecule has 2 heteroatoms. The number of allylic oxidation sites excluding steroid dienone is 6. The van der Waals surface area contributed by atoms with E-state index in [0.717, 1.165) is 12.8 Å². The molecule has 0 bridgehead atoms. The minimum atomic E-state index is -0.0996. The van der Waals surface area contributed by atoms with E-state index in [-0.39, 0.29) is 35.2 Å². The summed E-state index contributed by atoms with van der Waals surface area (Å²) in [5.41, 5.74) is 0. The molecule has 4 atom stereocenters. The number of ketones is 2. The minimum Gasteiger partial charge on any atom is -0.295 e. The average molecular weight is 214 g/mol. The molecule has 2 nitrogen and oxygen atoms in total. The average Bonchev–Trinajstić information content (AvgIpc) is 2.29. The van der Waals surface area contributed by atoms with E-state index in [9.17, 15) is 9.59 Å². The highest BCUT2D eigenvalue weighted by Crippen LogP contribution is 2.42. The van der Waals surface area contributed by atoms with Crippen LogP contribution in [0.25, 0.3) is 0 Å². The summed E-state index contributed by atoms with van der Waals surface area (Å²) >= 11 is 0. The van der Waals surface area contributed by atoms with Gasteiger partial charge in [0, 0.05) is 11.8 Å². The van der Waals surface area contributed by atoms with Gasteiger partial charge in [0.2, 0.25) is 0 Å². The highest BCUT2D eigenvalue weighted by molar-refractivity contribution is 6.01. The zero-order valence-corrected chi connectivity index (χ0v) is 9.00. The van der Waals surface area contributed by atoms with Gasteiger partial charge in [-0.2, -0.15) is 0 Å². The fourth-order valence-corrected chi connectivity index (χ4v) is 3.19. The van der Waals surface area contributed by atoms with E-state index in [2.05, 4.69) is 12.2 Å². The molecule has 0 heterocycles. The third-order valence-corrected chi connectivity index (χ3v) is 3.95. The Morgan fingerprint density at radius 1 is 0.812 bits per heavy atom. The maximum Gasteiger partial charge on any atom is 0.159 e. The Bertz CT molecular complexity index is 388. The molecule has 0 aromatic heterocycles. The van der Waals surface area contributed by atoms with Crippen LogP contribution in [0.3, 0.4) is 0 Å². The van der Waals surface area contributed by atoms with Crippen LogP contribution >= 0.6 is 0 Å². The summed E-state index contributed by atoms with van der Waals surface area (Å²) in [7, 11) is 0. The summed E-state index contributed by atoms with van der Waals surface area (Å²) in [6, 6.07) is 0. The zero-order valence-electron chi connectivity index (χ0n) is 9.00. The molecule has 3 aliphatic carbocycles.